The van der Waals surface area contributed by atoms with Crippen molar-refractivity contribution in [3.05, 3.63) is 12.2 Å². The van der Waals surface area contributed by atoms with Crippen molar-refractivity contribution in [1.82, 2.24) is 0 Å². The average Bonchev–Trinajstić information content (AvgIpc) is 3.08. The second-order valence-electron chi connectivity index (χ2n) is 14.3. The van der Waals surface area contributed by atoms with Gasteiger partial charge in [-0.2, -0.15) is 0 Å². The Balaban J connectivity index is 3.90. The van der Waals surface area contributed by atoms with E-state index in [0.717, 1.165) is 38.5 Å². The number of hydrogen-bond donors (Lipinski definition) is 2. The highest BCUT2D eigenvalue weighted by Gasteiger charge is 2.22. The molecule has 0 aliphatic rings. The first kappa shape index (κ1) is 48.8. The molecule has 0 bridgehead atoms. The van der Waals surface area contributed by atoms with Gasteiger partial charge in [-0.1, -0.05) is 180 Å². The summed E-state index contributed by atoms with van der Waals surface area (Å²) in [6.07, 6.45) is 40.8. The number of esters is 2. The molecule has 2 N–H and O–H groups in total. The third-order valence-electron chi connectivity index (χ3n) is 9.28. The molecule has 0 aromatic rings. The molecule has 50 heavy (non-hydrogen) atoms. The Kier molecular flexibility index (Phi) is 36.6. The molecule has 0 spiro atoms. The van der Waals surface area contributed by atoms with E-state index in [1.54, 1.807) is 0 Å². The van der Waals surface area contributed by atoms with Crippen LogP contribution >= 0.6 is 7.82 Å². The van der Waals surface area contributed by atoms with E-state index in [-0.39, 0.29) is 19.4 Å². The van der Waals surface area contributed by atoms with Crippen LogP contribution < -0.4 is 0 Å². The van der Waals surface area contributed by atoms with Crippen LogP contribution in [0.25, 0.3) is 0 Å². The van der Waals surface area contributed by atoms with E-state index in [9.17, 15) is 14.2 Å². The zero-order valence-corrected chi connectivity index (χ0v) is 33.5. The molecule has 296 valence electrons. The summed E-state index contributed by atoms with van der Waals surface area (Å²) < 4.78 is 26.4. The summed E-state index contributed by atoms with van der Waals surface area (Å²) in [7, 11) is -4.75. The molecule has 0 heterocycles. The minimum absolute atomic E-state index is 0.214. The lowest BCUT2D eigenvalue weighted by Crippen LogP contribution is -2.29. The summed E-state index contributed by atoms with van der Waals surface area (Å²) in [4.78, 5) is 42.8. The normalized spacial score (nSPS) is 12.5. The summed E-state index contributed by atoms with van der Waals surface area (Å²) in [5.74, 6) is -0.899. The molecule has 0 saturated heterocycles. The van der Waals surface area contributed by atoms with Crippen LogP contribution in [0.1, 0.15) is 219 Å². The molecular weight excluding hydrogens is 651 g/mol. The van der Waals surface area contributed by atoms with Crippen molar-refractivity contribution < 1.29 is 37.9 Å². The molecule has 0 fully saturated rings. The highest BCUT2D eigenvalue weighted by Crippen LogP contribution is 2.36. The predicted octanol–water partition coefficient (Wildman–Crippen LogP) is 12.6. The maximum atomic E-state index is 12.4. The number of carbonyl (C=O) groups is 2. The fourth-order valence-electron chi connectivity index (χ4n) is 6.13. The zero-order chi connectivity index (χ0) is 36.8. The number of unbranched alkanes of at least 4 members (excludes halogenated alkanes) is 27. The van der Waals surface area contributed by atoms with Crippen molar-refractivity contribution in [1.29, 1.82) is 0 Å². The van der Waals surface area contributed by atoms with Crippen LogP contribution in [-0.4, -0.2) is 41.0 Å². The lowest BCUT2D eigenvalue weighted by atomic mass is 10.0. The van der Waals surface area contributed by atoms with Gasteiger partial charge in [0, 0.05) is 12.8 Å². The summed E-state index contributed by atoms with van der Waals surface area (Å²) >= 11 is 0. The van der Waals surface area contributed by atoms with Crippen molar-refractivity contribution in [2.75, 3.05) is 13.2 Å². The van der Waals surface area contributed by atoms with Gasteiger partial charge in [0.1, 0.15) is 6.61 Å². The summed E-state index contributed by atoms with van der Waals surface area (Å²) in [6, 6.07) is 0. The van der Waals surface area contributed by atoms with Crippen LogP contribution in [0.4, 0.5) is 0 Å². The van der Waals surface area contributed by atoms with Gasteiger partial charge in [-0.3, -0.25) is 14.1 Å². The van der Waals surface area contributed by atoms with Gasteiger partial charge < -0.3 is 19.3 Å². The molecule has 9 heteroatoms. The fraction of sp³-hybridized carbons (Fsp3) is 0.902. The number of rotatable bonds is 39. The SMILES string of the molecule is CCCCCCCCCCC/C=C/CCCCC(=O)OC[C@H](COP(=O)(O)O)OC(=O)CCCCCCCCCCCCCCCCCCC. The number of hydrogen-bond acceptors (Lipinski definition) is 6. The monoisotopic (exact) mass is 731 g/mol. The van der Waals surface area contributed by atoms with Crippen molar-refractivity contribution >= 4 is 19.8 Å². The molecule has 0 aliphatic heterocycles. The zero-order valence-electron chi connectivity index (χ0n) is 32.6. The molecule has 0 amide bonds. The Morgan fingerprint density at radius 1 is 0.500 bits per heavy atom. The molecule has 0 unspecified atom stereocenters. The molecule has 0 rings (SSSR count). The topological polar surface area (TPSA) is 119 Å². The van der Waals surface area contributed by atoms with Crippen molar-refractivity contribution in [3.8, 4) is 0 Å². The Morgan fingerprint density at radius 3 is 1.26 bits per heavy atom. The van der Waals surface area contributed by atoms with Gasteiger partial charge in [0.05, 0.1) is 6.61 Å². The van der Waals surface area contributed by atoms with E-state index in [2.05, 4.69) is 30.5 Å². The Morgan fingerprint density at radius 2 is 0.840 bits per heavy atom. The van der Waals surface area contributed by atoms with Crippen molar-refractivity contribution in [2.24, 2.45) is 0 Å². The second kappa shape index (κ2) is 37.5. The lowest BCUT2D eigenvalue weighted by molar-refractivity contribution is -0.161. The number of allylic oxidation sites excluding steroid dienone is 2. The second-order valence-corrected chi connectivity index (χ2v) is 15.6. The largest absolute Gasteiger partial charge is 0.469 e. The van der Waals surface area contributed by atoms with Crippen LogP contribution in [0, 0.1) is 0 Å². The first-order chi connectivity index (χ1) is 24.3. The number of phosphoric ester groups is 1. The van der Waals surface area contributed by atoms with Crippen molar-refractivity contribution in [3.63, 3.8) is 0 Å². The number of phosphoric acid groups is 1. The quantitative estimate of drug-likeness (QED) is 0.0278. The highest BCUT2D eigenvalue weighted by molar-refractivity contribution is 7.46. The minimum atomic E-state index is -4.75. The fourth-order valence-corrected chi connectivity index (χ4v) is 6.49. The molecular formula is C41H79O8P. The van der Waals surface area contributed by atoms with E-state index >= 15 is 0 Å². The van der Waals surface area contributed by atoms with Gasteiger partial charge in [0.25, 0.3) is 0 Å². The molecule has 1 atom stereocenters. The summed E-state index contributed by atoms with van der Waals surface area (Å²) in [5.41, 5.74) is 0. The lowest BCUT2D eigenvalue weighted by Gasteiger charge is -2.18. The third-order valence-corrected chi connectivity index (χ3v) is 9.77. The van der Waals surface area contributed by atoms with E-state index < -0.39 is 32.5 Å². The van der Waals surface area contributed by atoms with Gasteiger partial charge >= 0.3 is 19.8 Å². The van der Waals surface area contributed by atoms with Crippen LogP contribution in [-0.2, 0) is 28.2 Å². The van der Waals surface area contributed by atoms with Gasteiger partial charge in [-0.05, 0) is 38.5 Å². The Bertz CT molecular complexity index is 827. The Hall–Kier alpha value is -1.21. The van der Waals surface area contributed by atoms with Gasteiger partial charge in [-0.15, -0.1) is 0 Å². The maximum Gasteiger partial charge on any atom is 0.469 e. The van der Waals surface area contributed by atoms with Crippen molar-refractivity contribution in [2.45, 2.75) is 225 Å². The third kappa shape index (κ3) is 39.6. The standard InChI is InChI=1S/C41H79O8P/c1-3-5-7-9-11-13-15-17-19-20-22-24-26-28-30-32-34-36-41(43)49-39(38-48-50(44,45)46)37-47-40(42)35-33-31-29-27-25-23-21-18-16-14-12-10-8-6-4-2/h25,27,39H,3-24,26,28-38H2,1-2H3,(H2,44,45,46)/b27-25+/t39-/m1/s1. The molecule has 0 saturated carbocycles. The van der Waals surface area contributed by atoms with Crippen LogP contribution in [0.3, 0.4) is 0 Å². The Labute approximate surface area is 307 Å². The summed E-state index contributed by atoms with van der Waals surface area (Å²) in [6.45, 7) is 3.69. The molecule has 0 aliphatic carbocycles. The minimum Gasteiger partial charge on any atom is -0.462 e. The average molecular weight is 731 g/mol. The molecule has 8 nitrogen and oxygen atoms in total. The number of carbonyl (C=O) groups excluding carboxylic acids is 2. The van der Waals surface area contributed by atoms with Gasteiger partial charge in [0.2, 0.25) is 0 Å². The smallest absolute Gasteiger partial charge is 0.462 e. The van der Waals surface area contributed by atoms with Crippen LogP contribution in [0.15, 0.2) is 12.2 Å². The van der Waals surface area contributed by atoms with Crippen LogP contribution in [0.2, 0.25) is 0 Å². The molecule has 0 radical (unpaired) electrons. The van der Waals surface area contributed by atoms with Crippen LogP contribution in [0.5, 0.6) is 0 Å². The first-order valence-corrected chi connectivity index (χ1v) is 22.5. The summed E-state index contributed by atoms with van der Waals surface area (Å²) in [5, 5.41) is 0. The van der Waals surface area contributed by atoms with E-state index in [4.69, 9.17) is 19.3 Å². The number of ether oxygens (including phenoxy) is 2. The molecule has 0 aromatic heterocycles. The molecule has 0 aromatic carbocycles. The van der Waals surface area contributed by atoms with E-state index in [1.807, 2.05) is 0 Å². The van der Waals surface area contributed by atoms with Gasteiger partial charge in [-0.25, -0.2) is 4.57 Å². The first-order valence-electron chi connectivity index (χ1n) is 21.0. The van der Waals surface area contributed by atoms with E-state index in [1.165, 1.54) is 141 Å². The predicted molar refractivity (Wildman–Crippen MR) is 207 cm³/mol. The van der Waals surface area contributed by atoms with Gasteiger partial charge in [0.15, 0.2) is 6.10 Å². The van der Waals surface area contributed by atoms with E-state index in [0.29, 0.717) is 12.8 Å². The maximum absolute atomic E-state index is 12.4. The highest BCUT2D eigenvalue weighted by atomic mass is 31.2.